The molecular formula is C11H10FN4O2. The van der Waals surface area contributed by atoms with Gasteiger partial charge in [0.15, 0.2) is 11.6 Å². The molecule has 2 aromatic rings. The van der Waals surface area contributed by atoms with Crippen LogP contribution in [0.3, 0.4) is 0 Å². The van der Waals surface area contributed by atoms with E-state index < -0.39 is 11.8 Å². The molecule has 0 aliphatic rings. The number of rotatable bonds is 3. The van der Waals surface area contributed by atoms with Gasteiger partial charge in [-0.25, -0.2) is 9.18 Å². The predicted octanol–water partition coefficient (Wildman–Crippen LogP) is 0.953. The number of benzene rings is 1. The van der Waals surface area contributed by atoms with Crippen molar-refractivity contribution in [1.82, 2.24) is 15.0 Å². The van der Waals surface area contributed by atoms with Crippen molar-refractivity contribution in [1.29, 1.82) is 0 Å². The minimum atomic E-state index is -0.782. The topological polar surface area (TPSA) is 83.0 Å². The summed E-state index contributed by atoms with van der Waals surface area (Å²) in [6, 6.07) is 3.67. The maximum Gasteiger partial charge on any atom is 0.356 e. The number of aromatic nitrogens is 3. The first kappa shape index (κ1) is 12.0. The molecule has 0 aliphatic heterocycles. The molecule has 6 nitrogen and oxygen atoms in total. The SMILES string of the molecule is COc1ccc([CH]c2cnn(C(N)=O)n2)cc1F. The zero-order chi connectivity index (χ0) is 13.1. The van der Waals surface area contributed by atoms with Crippen LogP contribution in [-0.4, -0.2) is 28.1 Å². The summed E-state index contributed by atoms with van der Waals surface area (Å²) in [7, 11) is 1.39. The van der Waals surface area contributed by atoms with Gasteiger partial charge in [0.05, 0.1) is 19.0 Å². The number of methoxy groups -OCH3 is 1. The van der Waals surface area contributed by atoms with E-state index in [1.807, 2.05) is 0 Å². The third-order valence-corrected chi connectivity index (χ3v) is 2.20. The van der Waals surface area contributed by atoms with Crippen LogP contribution in [0.5, 0.6) is 5.75 Å². The monoisotopic (exact) mass is 249 g/mol. The van der Waals surface area contributed by atoms with Crippen molar-refractivity contribution >= 4 is 6.03 Å². The lowest BCUT2D eigenvalue weighted by Gasteiger charge is -2.03. The molecule has 0 fully saturated rings. The van der Waals surface area contributed by atoms with Crippen molar-refractivity contribution in [2.45, 2.75) is 0 Å². The number of nitrogens with zero attached hydrogens (tertiary/aromatic N) is 3. The first-order chi connectivity index (χ1) is 8.60. The van der Waals surface area contributed by atoms with Crippen LogP contribution < -0.4 is 10.5 Å². The Morgan fingerprint density at radius 2 is 2.33 bits per heavy atom. The lowest BCUT2D eigenvalue weighted by molar-refractivity contribution is 0.244. The molecule has 1 radical (unpaired) electrons. The first-order valence-corrected chi connectivity index (χ1v) is 5.00. The van der Waals surface area contributed by atoms with Gasteiger partial charge in [0.25, 0.3) is 0 Å². The summed E-state index contributed by atoms with van der Waals surface area (Å²) in [6.07, 6.45) is 2.92. The summed E-state index contributed by atoms with van der Waals surface area (Å²) in [5.74, 6) is -0.318. The normalized spacial score (nSPS) is 10.3. The highest BCUT2D eigenvalue weighted by Crippen LogP contribution is 2.19. The van der Waals surface area contributed by atoms with Gasteiger partial charge >= 0.3 is 6.03 Å². The van der Waals surface area contributed by atoms with Crippen LogP contribution >= 0.6 is 0 Å². The molecule has 2 rings (SSSR count). The molecule has 1 heterocycles. The van der Waals surface area contributed by atoms with Crippen molar-refractivity contribution in [2.75, 3.05) is 7.11 Å². The average Bonchev–Trinajstić information content (AvgIpc) is 2.78. The minimum absolute atomic E-state index is 0.160. The molecule has 0 unspecified atom stereocenters. The smallest absolute Gasteiger partial charge is 0.356 e. The number of ether oxygens (including phenoxy) is 1. The standard InChI is InChI=1S/C11H10FN4O2/c1-18-10-3-2-7(5-9(10)12)4-8-6-14-16(15-8)11(13)17/h2-6H,1H3,(H2,13,17). The van der Waals surface area contributed by atoms with Gasteiger partial charge in [-0.2, -0.15) is 5.10 Å². The van der Waals surface area contributed by atoms with E-state index in [0.29, 0.717) is 11.3 Å². The second-order valence-corrected chi connectivity index (χ2v) is 3.44. The molecule has 0 saturated carbocycles. The summed E-state index contributed by atoms with van der Waals surface area (Å²) in [4.78, 5) is 11.5. The van der Waals surface area contributed by atoms with E-state index in [0.717, 1.165) is 4.80 Å². The molecule has 2 N–H and O–H groups in total. The van der Waals surface area contributed by atoms with Gasteiger partial charge in [-0.3, -0.25) is 0 Å². The number of carbonyl (C=O) groups excluding carboxylic acids is 1. The van der Waals surface area contributed by atoms with Crippen LogP contribution in [0.25, 0.3) is 0 Å². The highest BCUT2D eigenvalue weighted by Gasteiger charge is 2.08. The van der Waals surface area contributed by atoms with E-state index in [2.05, 4.69) is 10.2 Å². The molecule has 0 spiro atoms. The largest absolute Gasteiger partial charge is 0.494 e. The number of carbonyl (C=O) groups is 1. The average molecular weight is 249 g/mol. The second kappa shape index (κ2) is 4.82. The van der Waals surface area contributed by atoms with E-state index in [9.17, 15) is 9.18 Å². The van der Waals surface area contributed by atoms with Crippen LogP contribution in [0, 0.1) is 12.2 Å². The van der Waals surface area contributed by atoms with Crippen molar-refractivity contribution in [3.05, 3.63) is 47.9 Å². The first-order valence-electron chi connectivity index (χ1n) is 5.00. The van der Waals surface area contributed by atoms with E-state index >= 15 is 0 Å². The van der Waals surface area contributed by atoms with Crippen LogP contribution in [0.4, 0.5) is 9.18 Å². The number of hydrogen-bond acceptors (Lipinski definition) is 4. The molecule has 93 valence electrons. The van der Waals surface area contributed by atoms with E-state index in [4.69, 9.17) is 10.5 Å². The Bertz CT molecular complexity index is 582. The van der Waals surface area contributed by atoms with Crippen molar-refractivity contribution in [3.8, 4) is 5.75 Å². The summed E-state index contributed by atoms with van der Waals surface area (Å²) in [6.45, 7) is 0. The predicted molar refractivity (Wildman–Crippen MR) is 60.5 cm³/mol. The zero-order valence-corrected chi connectivity index (χ0v) is 9.50. The van der Waals surface area contributed by atoms with Crippen LogP contribution in [-0.2, 0) is 0 Å². The third kappa shape index (κ3) is 2.45. The van der Waals surface area contributed by atoms with Crippen molar-refractivity contribution < 1.29 is 13.9 Å². The van der Waals surface area contributed by atoms with E-state index in [1.165, 1.54) is 25.4 Å². The number of nitrogens with two attached hydrogens (primary N) is 1. The van der Waals surface area contributed by atoms with Gasteiger partial charge in [0.2, 0.25) is 0 Å². The quantitative estimate of drug-likeness (QED) is 0.877. The summed E-state index contributed by atoms with van der Waals surface area (Å²) < 4.78 is 18.2. The molecule has 1 amide bonds. The van der Waals surface area contributed by atoms with Crippen molar-refractivity contribution in [2.24, 2.45) is 5.73 Å². The Labute approximate surface area is 102 Å². The molecule has 0 atom stereocenters. The molecule has 18 heavy (non-hydrogen) atoms. The van der Waals surface area contributed by atoms with Crippen molar-refractivity contribution in [3.63, 3.8) is 0 Å². The number of amides is 1. The van der Waals surface area contributed by atoms with Crippen LogP contribution in [0.2, 0.25) is 0 Å². The maximum absolute atomic E-state index is 13.4. The molecule has 0 aliphatic carbocycles. The summed E-state index contributed by atoms with van der Waals surface area (Å²) in [5.41, 5.74) is 5.97. The molecule has 1 aromatic heterocycles. The Balaban J connectivity index is 2.18. The molecule has 0 saturated heterocycles. The fourth-order valence-corrected chi connectivity index (χ4v) is 1.39. The minimum Gasteiger partial charge on any atom is -0.494 e. The van der Waals surface area contributed by atoms with Gasteiger partial charge in [-0.15, -0.1) is 5.10 Å². The Morgan fingerprint density at radius 1 is 1.56 bits per heavy atom. The lowest BCUT2D eigenvalue weighted by Crippen LogP contribution is -2.22. The lowest BCUT2D eigenvalue weighted by atomic mass is 10.1. The van der Waals surface area contributed by atoms with Gasteiger partial charge in [0.1, 0.15) is 0 Å². The highest BCUT2D eigenvalue weighted by atomic mass is 19.1. The molecule has 1 aromatic carbocycles. The Hall–Kier alpha value is -2.44. The summed E-state index contributed by atoms with van der Waals surface area (Å²) >= 11 is 0. The van der Waals surface area contributed by atoms with Gasteiger partial charge in [-0.05, 0) is 17.7 Å². The van der Waals surface area contributed by atoms with E-state index in [1.54, 1.807) is 12.5 Å². The summed E-state index contributed by atoms with van der Waals surface area (Å²) in [5, 5.41) is 7.45. The Morgan fingerprint density at radius 3 is 2.89 bits per heavy atom. The van der Waals surface area contributed by atoms with Crippen LogP contribution in [0.1, 0.15) is 11.3 Å². The van der Waals surface area contributed by atoms with Gasteiger partial charge in [0, 0.05) is 6.42 Å². The number of hydrogen-bond donors (Lipinski definition) is 1. The Kier molecular flexibility index (Phi) is 3.22. The van der Waals surface area contributed by atoms with Crippen LogP contribution in [0.15, 0.2) is 24.4 Å². The fraction of sp³-hybridized carbons (Fsp3) is 0.0909. The maximum atomic E-state index is 13.4. The molecule has 7 heteroatoms. The number of halogens is 1. The highest BCUT2D eigenvalue weighted by molar-refractivity contribution is 5.72. The fourth-order valence-electron chi connectivity index (χ4n) is 1.39. The molecular weight excluding hydrogens is 239 g/mol. The number of primary amides is 1. The third-order valence-electron chi connectivity index (χ3n) is 2.20. The molecule has 0 bridgehead atoms. The zero-order valence-electron chi connectivity index (χ0n) is 9.50. The second-order valence-electron chi connectivity index (χ2n) is 3.44. The van der Waals surface area contributed by atoms with Gasteiger partial charge < -0.3 is 10.5 Å². The van der Waals surface area contributed by atoms with Gasteiger partial charge in [-0.1, -0.05) is 10.9 Å². The van der Waals surface area contributed by atoms with E-state index in [-0.39, 0.29) is 5.75 Å².